The largest absolute Gasteiger partial charge is 0.444 e. The van der Waals surface area contributed by atoms with Gasteiger partial charge in [0.1, 0.15) is 5.60 Å². The molecule has 0 aromatic rings. The van der Waals surface area contributed by atoms with Gasteiger partial charge in [0.25, 0.3) is 0 Å². The van der Waals surface area contributed by atoms with Crippen LogP contribution in [-0.2, 0) is 14.2 Å². The van der Waals surface area contributed by atoms with Crippen molar-refractivity contribution in [1.29, 1.82) is 0 Å². The number of nitrogens with zero attached hydrogens (tertiary/aromatic N) is 2. The van der Waals surface area contributed by atoms with E-state index >= 15 is 0 Å². The summed E-state index contributed by atoms with van der Waals surface area (Å²) in [6, 6.07) is 0. The number of carbonyl (C=O) groups is 1. The van der Waals surface area contributed by atoms with Gasteiger partial charge in [0.2, 0.25) is 0 Å². The van der Waals surface area contributed by atoms with Crippen LogP contribution in [0.5, 0.6) is 0 Å². The summed E-state index contributed by atoms with van der Waals surface area (Å²) < 4.78 is 16.5. The number of likely N-dealkylation sites (N-methyl/N-ethyl adjacent to an activating group) is 1. The van der Waals surface area contributed by atoms with Gasteiger partial charge in [0, 0.05) is 46.4 Å². The Bertz CT molecular complexity index is 452. The van der Waals surface area contributed by atoms with Gasteiger partial charge < -0.3 is 29.7 Å². The Hall–Kier alpha value is -0.810. The van der Waals surface area contributed by atoms with Gasteiger partial charge in [-0.15, -0.1) is 24.0 Å². The standard InChI is InChI=1S/C19H38N4O4.HI/c1-6-20-17(21-10-8-13-25-15-16-9-7-14-26-16)22-11-12-23(5)18(24)27-19(2,3)4;/h16H,6-15H2,1-5H3,(H2,20,21,22);1H. The second-order valence-electron chi connectivity index (χ2n) is 7.65. The van der Waals surface area contributed by atoms with E-state index in [0.29, 0.717) is 32.8 Å². The lowest BCUT2D eigenvalue weighted by Gasteiger charge is -2.24. The van der Waals surface area contributed by atoms with Gasteiger partial charge in [-0.3, -0.25) is 4.99 Å². The molecule has 1 atom stereocenters. The highest BCUT2D eigenvalue weighted by Gasteiger charge is 2.19. The summed E-state index contributed by atoms with van der Waals surface area (Å²) in [4.78, 5) is 18.0. The number of halogens is 1. The molecule has 0 saturated carbocycles. The molecule has 9 heteroatoms. The zero-order chi connectivity index (χ0) is 20.1. The molecule has 28 heavy (non-hydrogen) atoms. The fourth-order valence-corrected chi connectivity index (χ4v) is 2.46. The molecule has 0 bridgehead atoms. The number of aliphatic imine (C=N–C) groups is 1. The molecule has 1 saturated heterocycles. The SMILES string of the molecule is CCNC(=NCCCOCC1CCCO1)NCCN(C)C(=O)OC(C)(C)C.I. The summed E-state index contributed by atoms with van der Waals surface area (Å²) in [6.45, 7) is 12.4. The van der Waals surface area contributed by atoms with Crippen LogP contribution in [0.2, 0.25) is 0 Å². The van der Waals surface area contributed by atoms with Crippen molar-refractivity contribution in [2.24, 2.45) is 4.99 Å². The molecule has 1 unspecified atom stereocenters. The van der Waals surface area contributed by atoms with E-state index in [4.69, 9.17) is 14.2 Å². The van der Waals surface area contributed by atoms with Gasteiger partial charge in [0.15, 0.2) is 5.96 Å². The molecule has 0 aromatic carbocycles. The normalized spacial score (nSPS) is 17.0. The first-order valence-corrected chi connectivity index (χ1v) is 9.97. The monoisotopic (exact) mass is 514 g/mol. The van der Waals surface area contributed by atoms with Crippen LogP contribution in [0.3, 0.4) is 0 Å². The average molecular weight is 514 g/mol. The summed E-state index contributed by atoms with van der Waals surface area (Å²) in [5.41, 5.74) is -0.485. The van der Waals surface area contributed by atoms with Crippen LogP contribution in [0.25, 0.3) is 0 Å². The van der Waals surface area contributed by atoms with Crippen LogP contribution in [0.4, 0.5) is 4.79 Å². The number of hydrogen-bond donors (Lipinski definition) is 2. The van der Waals surface area contributed by atoms with E-state index in [1.165, 1.54) is 0 Å². The Morgan fingerprint density at radius 2 is 2.07 bits per heavy atom. The minimum atomic E-state index is -0.485. The second kappa shape index (κ2) is 15.1. The van der Waals surface area contributed by atoms with Crippen LogP contribution in [-0.4, -0.2) is 81.7 Å². The molecule has 0 aromatic heterocycles. The van der Waals surface area contributed by atoms with Crippen molar-refractivity contribution in [1.82, 2.24) is 15.5 Å². The number of hydrogen-bond acceptors (Lipinski definition) is 5. The first-order chi connectivity index (χ1) is 12.8. The molecule has 8 nitrogen and oxygen atoms in total. The first kappa shape index (κ1) is 27.2. The lowest BCUT2D eigenvalue weighted by molar-refractivity contribution is 0.0171. The van der Waals surface area contributed by atoms with Crippen molar-refractivity contribution in [3.8, 4) is 0 Å². The van der Waals surface area contributed by atoms with E-state index < -0.39 is 5.60 Å². The smallest absolute Gasteiger partial charge is 0.410 e. The van der Waals surface area contributed by atoms with Gasteiger partial charge in [-0.2, -0.15) is 0 Å². The molecule has 0 aliphatic carbocycles. The molecule has 1 rings (SSSR count). The summed E-state index contributed by atoms with van der Waals surface area (Å²) >= 11 is 0. The molecule has 1 aliphatic heterocycles. The van der Waals surface area contributed by atoms with Gasteiger partial charge in [0.05, 0.1) is 12.7 Å². The Kier molecular flexibility index (Phi) is 14.6. The minimum absolute atomic E-state index is 0. The van der Waals surface area contributed by atoms with Crippen molar-refractivity contribution in [2.75, 3.05) is 53.0 Å². The topological polar surface area (TPSA) is 84.4 Å². The van der Waals surface area contributed by atoms with Crippen molar-refractivity contribution in [3.05, 3.63) is 0 Å². The lowest BCUT2D eigenvalue weighted by atomic mass is 10.2. The molecule has 1 fully saturated rings. The number of ether oxygens (including phenoxy) is 3. The van der Waals surface area contributed by atoms with Gasteiger partial charge in [-0.05, 0) is 47.0 Å². The Labute approximate surface area is 187 Å². The van der Waals surface area contributed by atoms with Crippen molar-refractivity contribution in [3.63, 3.8) is 0 Å². The van der Waals surface area contributed by atoms with Crippen LogP contribution >= 0.6 is 24.0 Å². The predicted molar refractivity (Wildman–Crippen MR) is 123 cm³/mol. The number of amides is 1. The third kappa shape index (κ3) is 13.4. The van der Waals surface area contributed by atoms with Crippen molar-refractivity contribution in [2.45, 2.75) is 58.7 Å². The van der Waals surface area contributed by atoms with Crippen LogP contribution in [0.1, 0.15) is 47.0 Å². The molecule has 1 heterocycles. The maximum Gasteiger partial charge on any atom is 0.410 e. The van der Waals surface area contributed by atoms with E-state index in [1.807, 2.05) is 27.7 Å². The molecular weight excluding hydrogens is 475 g/mol. The highest BCUT2D eigenvalue weighted by molar-refractivity contribution is 14.0. The number of nitrogens with one attached hydrogen (secondary N) is 2. The highest BCUT2D eigenvalue weighted by Crippen LogP contribution is 2.12. The maximum absolute atomic E-state index is 11.9. The minimum Gasteiger partial charge on any atom is -0.444 e. The van der Waals surface area contributed by atoms with E-state index in [2.05, 4.69) is 15.6 Å². The third-order valence-electron chi connectivity index (χ3n) is 3.83. The first-order valence-electron chi connectivity index (χ1n) is 9.97. The Balaban J connectivity index is 0.00000729. The molecule has 2 N–H and O–H groups in total. The van der Waals surface area contributed by atoms with Crippen molar-refractivity contribution >= 4 is 36.0 Å². The maximum atomic E-state index is 11.9. The molecule has 1 amide bonds. The zero-order valence-electron chi connectivity index (χ0n) is 18.1. The van der Waals surface area contributed by atoms with E-state index in [1.54, 1.807) is 11.9 Å². The van der Waals surface area contributed by atoms with Crippen LogP contribution in [0.15, 0.2) is 4.99 Å². The van der Waals surface area contributed by atoms with Crippen LogP contribution < -0.4 is 10.6 Å². The van der Waals surface area contributed by atoms with Gasteiger partial charge in [-0.1, -0.05) is 0 Å². The molecule has 0 spiro atoms. The second-order valence-corrected chi connectivity index (χ2v) is 7.65. The third-order valence-corrected chi connectivity index (χ3v) is 3.83. The molecular formula is C19H39IN4O4. The van der Waals surface area contributed by atoms with Crippen LogP contribution in [0, 0.1) is 0 Å². The zero-order valence-corrected chi connectivity index (χ0v) is 20.4. The fourth-order valence-electron chi connectivity index (χ4n) is 2.46. The summed E-state index contributed by atoms with van der Waals surface area (Å²) in [7, 11) is 1.73. The number of carbonyl (C=O) groups excluding carboxylic acids is 1. The molecule has 1 aliphatic rings. The van der Waals surface area contributed by atoms with E-state index in [-0.39, 0.29) is 36.2 Å². The Morgan fingerprint density at radius 3 is 2.68 bits per heavy atom. The highest BCUT2D eigenvalue weighted by atomic mass is 127. The van der Waals surface area contributed by atoms with E-state index in [0.717, 1.165) is 38.4 Å². The lowest BCUT2D eigenvalue weighted by Crippen LogP contribution is -2.43. The summed E-state index contributed by atoms with van der Waals surface area (Å²) in [6.07, 6.45) is 3.05. The van der Waals surface area contributed by atoms with Gasteiger partial charge >= 0.3 is 6.09 Å². The average Bonchev–Trinajstić information content (AvgIpc) is 3.09. The Morgan fingerprint density at radius 1 is 1.32 bits per heavy atom. The quantitative estimate of drug-likeness (QED) is 0.202. The number of rotatable bonds is 10. The predicted octanol–water partition coefficient (Wildman–Crippen LogP) is 2.61. The number of guanidine groups is 1. The summed E-state index contributed by atoms with van der Waals surface area (Å²) in [5, 5.41) is 6.44. The molecule has 166 valence electrons. The van der Waals surface area contributed by atoms with Gasteiger partial charge in [-0.25, -0.2) is 4.79 Å². The fraction of sp³-hybridized carbons (Fsp3) is 0.895. The molecule has 0 radical (unpaired) electrons. The van der Waals surface area contributed by atoms with Crippen molar-refractivity contribution < 1.29 is 19.0 Å². The van der Waals surface area contributed by atoms with E-state index in [9.17, 15) is 4.79 Å². The summed E-state index contributed by atoms with van der Waals surface area (Å²) in [5.74, 6) is 0.745.